The summed E-state index contributed by atoms with van der Waals surface area (Å²) in [5.74, 6) is 0. The standard InChI is InChI=1S/C9H5Br2F3/c10-8(11)5-6-3-1-2-4-7(6)9(12,13)14/h1-5H. The number of halogens is 5. The van der Waals surface area contributed by atoms with Crippen molar-refractivity contribution in [1.29, 1.82) is 0 Å². The Labute approximate surface area is 96.1 Å². The predicted molar refractivity (Wildman–Crippen MR) is 57.3 cm³/mol. The smallest absolute Gasteiger partial charge is 0.166 e. The number of alkyl halides is 3. The molecule has 1 aromatic carbocycles. The summed E-state index contributed by atoms with van der Waals surface area (Å²) in [7, 11) is 0. The second kappa shape index (κ2) is 4.49. The van der Waals surface area contributed by atoms with Crippen molar-refractivity contribution in [1.82, 2.24) is 0 Å². The van der Waals surface area contributed by atoms with E-state index in [2.05, 4.69) is 31.9 Å². The minimum Gasteiger partial charge on any atom is -0.166 e. The van der Waals surface area contributed by atoms with E-state index in [1.165, 1.54) is 18.2 Å². The van der Waals surface area contributed by atoms with Crippen LogP contribution in [0.3, 0.4) is 0 Å². The average Bonchev–Trinajstić information content (AvgIpc) is 2.01. The Morgan fingerprint density at radius 3 is 2.21 bits per heavy atom. The van der Waals surface area contributed by atoms with Crippen LogP contribution in [0.4, 0.5) is 13.2 Å². The summed E-state index contributed by atoms with van der Waals surface area (Å²) in [5, 5.41) is 0. The molecule has 0 aliphatic heterocycles. The zero-order valence-electron chi connectivity index (χ0n) is 6.78. The van der Waals surface area contributed by atoms with E-state index < -0.39 is 11.7 Å². The molecule has 0 saturated carbocycles. The van der Waals surface area contributed by atoms with Crippen LogP contribution < -0.4 is 0 Å². The molecule has 1 rings (SSSR count). The highest BCUT2D eigenvalue weighted by Crippen LogP contribution is 2.33. The van der Waals surface area contributed by atoms with Gasteiger partial charge in [0.05, 0.1) is 8.96 Å². The van der Waals surface area contributed by atoms with E-state index in [4.69, 9.17) is 0 Å². The van der Waals surface area contributed by atoms with Gasteiger partial charge in [0, 0.05) is 0 Å². The van der Waals surface area contributed by atoms with Crippen LogP contribution in [0, 0.1) is 0 Å². The van der Waals surface area contributed by atoms with Crippen LogP contribution >= 0.6 is 31.9 Å². The maximum Gasteiger partial charge on any atom is 0.416 e. The van der Waals surface area contributed by atoms with Gasteiger partial charge in [-0.05, 0) is 49.6 Å². The predicted octanol–water partition coefficient (Wildman–Crippen LogP) is 4.79. The van der Waals surface area contributed by atoms with Crippen LogP contribution in [0.5, 0.6) is 0 Å². The summed E-state index contributed by atoms with van der Waals surface area (Å²) >= 11 is 6.04. The first kappa shape index (κ1) is 11.8. The van der Waals surface area contributed by atoms with E-state index >= 15 is 0 Å². The third-order valence-electron chi connectivity index (χ3n) is 1.53. The molecule has 0 bridgehead atoms. The lowest BCUT2D eigenvalue weighted by molar-refractivity contribution is -0.137. The highest BCUT2D eigenvalue weighted by atomic mass is 79.9. The summed E-state index contributed by atoms with van der Waals surface area (Å²) in [6, 6.07) is 5.38. The topological polar surface area (TPSA) is 0 Å². The largest absolute Gasteiger partial charge is 0.416 e. The molecule has 0 heterocycles. The Kier molecular flexibility index (Phi) is 3.78. The molecular formula is C9H5Br2F3. The fourth-order valence-electron chi connectivity index (χ4n) is 0.999. The van der Waals surface area contributed by atoms with Crippen LogP contribution in [0.1, 0.15) is 11.1 Å². The second-order valence-corrected chi connectivity index (χ2v) is 5.29. The van der Waals surface area contributed by atoms with Crippen molar-refractivity contribution in [2.24, 2.45) is 0 Å². The van der Waals surface area contributed by atoms with E-state index in [9.17, 15) is 13.2 Å². The Hall–Kier alpha value is -0.290. The van der Waals surface area contributed by atoms with Crippen LogP contribution in [0.15, 0.2) is 27.7 Å². The number of rotatable bonds is 1. The zero-order valence-corrected chi connectivity index (χ0v) is 9.95. The van der Waals surface area contributed by atoms with Crippen molar-refractivity contribution in [3.05, 3.63) is 38.8 Å². The molecule has 0 aliphatic carbocycles. The summed E-state index contributed by atoms with van der Waals surface area (Å²) in [6.07, 6.45) is -2.95. The molecule has 0 fully saturated rings. The average molecular weight is 330 g/mol. The van der Waals surface area contributed by atoms with Crippen LogP contribution in [-0.2, 0) is 6.18 Å². The minimum atomic E-state index is -4.32. The number of benzene rings is 1. The van der Waals surface area contributed by atoms with Gasteiger partial charge in [0.15, 0.2) is 0 Å². The summed E-state index contributed by atoms with van der Waals surface area (Å²) < 4.78 is 37.8. The third kappa shape index (κ3) is 3.13. The Morgan fingerprint density at radius 2 is 1.71 bits per heavy atom. The van der Waals surface area contributed by atoms with E-state index in [0.717, 1.165) is 6.07 Å². The molecule has 0 atom stereocenters. The molecule has 5 heteroatoms. The van der Waals surface area contributed by atoms with Crippen molar-refractivity contribution in [2.45, 2.75) is 6.18 Å². The minimum absolute atomic E-state index is 0.128. The van der Waals surface area contributed by atoms with Gasteiger partial charge in [-0.25, -0.2) is 0 Å². The summed E-state index contributed by atoms with van der Waals surface area (Å²) in [4.78, 5) is 0. The van der Waals surface area contributed by atoms with Crippen molar-refractivity contribution < 1.29 is 13.2 Å². The fraction of sp³-hybridized carbons (Fsp3) is 0.111. The van der Waals surface area contributed by atoms with Gasteiger partial charge in [-0.2, -0.15) is 13.2 Å². The van der Waals surface area contributed by atoms with Crippen LogP contribution in [0.2, 0.25) is 0 Å². The van der Waals surface area contributed by atoms with Crippen LogP contribution in [0.25, 0.3) is 6.08 Å². The molecule has 0 saturated heterocycles. The Morgan fingerprint density at radius 1 is 1.14 bits per heavy atom. The molecule has 14 heavy (non-hydrogen) atoms. The quantitative estimate of drug-likeness (QED) is 0.694. The Balaban J connectivity index is 3.24. The van der Waals surface area contributed by atoms with E-state index in [0.29, 0.717) is 3.39 Å². The van der Waals surface area contributed by atoms with E-state index in [1.807, 2.05) is 0 Å². The van der Waals surface area contributed by atoms with Gasteiger partial charge in [-0.3, -0.25) is 0 Å². The maximum atomic E-state index is 12.4. The van der Waals surface area contributed by atoms with Crippen molar-refractivity contribution in [2.75, 3.05) is 0 Å². The van der Waals surface area contributed by atoms with Gasteiger partial charge in [-0.1, -0.05) is 18.2 Å². The first-order chi connectivity index (χ1) is 6.41. The SMILES string of the molecule is FC(F)(F)c1ccccc1C=C(Br)Br. The van der Waals surface area contributed by atoms with Crippen molar-refractivity contribution in [3.8, 4) is 0 Å². The van der Waals surface area contributed by atoms with Crippen LogP contribution in [-0.4, -0.2) is 0 Å². The van der Waals surface area contributed by atoms with E-state index in [1.54, 1.807) is 6.07 Å². The molecule has 1 aromatic rings. The lowest BCUT2D eigenvalue weighted by Crippen LogP contribution is -2.06. The highest BCUT2D eigenvalue weighted by molar-refractivity contribution is 9.28. The summed E-state index contributed by atoms with van der Waals surface area (Å²) in [5.41, 5.74) is -0.514. The molecule has 0 N–H and O–H groups in total. The third-order valence-corrected chi connectivity index (χ3v) is 1.99. The molecule has 0 aromatic heterocycles. The first-order valence-electron chi connectivity index (χ1n) is 3.60. The van der Waals surface area contributed by atoms with Gasteiger partial charge in [0.2, 0.25) is 0 Å². The van der Waals surface area contributed by atoms with Gasteiger partial charge in [0.1, 0.15) is 0 Å². The number of hydrogen-bond acceptors (Lipinski definition) is 0. The van der Waals surface area contributed by atoms with Gasteiger partial charge < -0.3 is 0 Å². The molecule has 0 amide bonds. The highest BCUT2D eigenvalue weighted by Gasteiger charge is 2.32. The maximum absolute atomic E-state index is 12.4. The summed E-state index contributed by atoms with van der Waals surface area (Å²) in [6.45, 7) is 0. The lowest BCUT2D eigenvalue weighted by atomic mass is 10.1. The monoisotopic (exact) mass is 328 g/mol. The van der Waals surface area contributed by atoms with Crippen molar-refractivity contribution in [3.63, 3.8) is 0 Å². The normalized spacial score (nSPS) is 11.2. The van der Waals surface area contributed by atoms with Gasteiger partial charge >= 0.3 is 6.18 Å². The van der Waals surface area contributed by atoms with Gasteiger partial charge in [-0.15, -0.1) is 0 Å². The fourth-order valence-corrected chi connectivity index (χ4v) is 1.49. The molecular weight excluding hydrogens is 325 g/mol. The zero-order chi connectivity index (χ0) is 10.8. The van der Waals surface area contributed by atoms with Gasteiger partial charge in [0.25, 0.3) is 0 Å². The molecule has 0 aliphatic rings. The Bertz CT molecular complexity index is 351. The molecule has 0 unspecified atom stereocenters. The second-order valence-electron chi connectivity index (χ2n) is 2.52. The molecule has 0 spiro atoms. The van der Waals surface area contributed by atoms with Crippen molar-refractivity contribution >= 4 is 37.9 Å². The molecule has 0 radical (unpaired) electrons. The van der Waals surface area contributed by atoms with E-state index in [-0.39, 0.29) is 5.56 Å². The molecule has 76 valence electrons. The lowest BCUT2D eigenvalue weighted by Gasteiger charge is -2.09. The molecule has 0 nitrogen and oxygen atoms in total. The first-order valence-corrected chi connectivity index (χ1v) is 5.19. The number of hydrogen-bond donors (Lipinski definition) is 0.